The third-order valence-electron chi connectivity index (χ3n) is 2.55. The van der Waals surface area contributed by atoms with Crippen molar-refractivity contribution >= 4 is 0 Å². The molecule has 0 spiro atoms. The maximum atomic E-state index is 9.40. The molecule has 84 valence electrons. The number of benzene rings is 1. The van der Waals surface area contributed by atoms with Crippen molar-refractivity contribution in [3.8, 4) is 11.3 Å². The lowest BCUT2D eigenvalue weighted by Crippen LogP contribution is -1.93. The smallest absolute Gasteiger partial charge is 0.145 e. The van der Waals surface area contributed by atoms with Crippen LogP contribution in [0.25, 0.3) is 11.3 Å². The monoisotopic (exact) mass is 217 g/mol. The van der Waals surface area contributed by atoms with Crippen LogP contribution in [-0.2, 0) is 6.61 Å². The zero-order valence-electron chi connectivity index (χ0n) is 9.47. The van der Waals surface area contributed by atoms with Crippen molar-refractivity contribution in [1.82, 2.24) is 5.16 Å². The minimum Gasteiger partial charge on any atom is -0.391 e. The van der Waals surface area contributed by atoms with E-state index in [1.807, 2.05) is 44.2 Å². The van der Waals surface area contributed by atoms with Crippen molar-refractivity contribution in [3.63, 3.8) is 0 Å². The number of aliphatic hydroxyl groups excluding tert-OH is 1. The van der Waals surface area contributed by atoms with Crippen molar-refractivity contribution < 1.29 is 9.63 Å². The highest BCUT2D eigenvalue weighted by molar-refractivity contribution is 5.63. The second kappa shape index (κ2) is 4.49. The molecule has 16 heavy (non-hydrogen) atoms. The standard InChI is InChI=1S/C13H15NO2/c1-9(2)13-11(8-15)12(14-16-13)10-6-4-3-5-7-10/h3-7,9,15H,8H2,1-2H3. The Morgan fingerprint density at radius 3 is 2.50 bits per heavy atom. The Bertz CT molecular complexity index is 460. The van der Waals surface area contributed by atoms with Crippen LogP contribution < -0.4 is 0 Å². The van der Waals surface area contributed by atoms with Crippen LogP contribution >= 0.6 is 0 Å². The van der Waals surface area contributed by atoms with Crippen molar-refractivity contribution in [2.24, 2.45) is 0 Å². The van der Waals surface area contributed by atoms with Crippen LogP contribution in [0.4, 0.5) is 0 Å². The second-order valence-corrected chi connectivity index (χ2v) is 4.05. The number of aromatic nitrogens is 1. The Morgan fingerprint density at radius 2 is 1.94 bits per heavy atom. The number of hydrogen-bond acceptors (Lipinski definition) is 3. The van der Waals surface area contributed by atoms with E-state index >= 15 is 0 Å². The van der Waals surface area contributed by atoms with E-state index in [1.54, 1.807) is 0 Å². The highest BCUT2D eigenvalue weighted by Gasteiger charge is 2.18. The molecule has 0 unspecified atom stereocenters. The molecule has 0 fully saturated rings. The average Bonchev–Trinajstić information content (AvgIpc) is 2.73. The molecule has 1 aromatic carbocycles. The summed E-state index contributed by atoms with van der Waals surface area (Å²) in [7, 11) is 0. The van der Waals surface area contributed by atoms with E-state index in [9.17, 15) is 5.11 Å². The molecular weight excluding hydrogens is 202 g/mol. The molecule has 1 heterocycles. The zero-order chi connectivity index (χ0) is 11.5. The molecule has 0 atom stereocenters. The van der Waals surface area contributed by atoms with Gasteiger partial charge in [-0.1, -0.05) is 49.3 Å². The van der Waals surface area contributed by atoms with Gasteiger partial charge < -0.3 is 9.63 Å². The minimum absolute atomic E-state index is 0.0404. The van der Waals surface area contributed by atoms with Crippen molar-refractivity contribution in [1.29, 1.82) is 0 Å². The summed E-state index contributed by atoms with van der Waals surface area (Å²) in [6, 6.07) is 9.76. The maximum Gasteiger partial charge on any atom is 0.145 e. The van der Waals surface area contributed by atoms with Crippen molar-refractivity contribution in [3.05, 3.63) is 41.7 Å². The lowest BCUT2D eigenvalue weighted by Gasteiger charge is -2.02. The highest BCUT2D eigenvalue weighted by Crippen LogP contribution is 2.29. The van der Waals surface area contributed by atoms with E-state index in [-0.39, 0.29) is 12.5 Å². The Morgan fingerprint density at radius 1 is 1.25 bits per heavy atom. The van der Waals surface area contributed by atoms with Gasteiger partial charge in [-0.15, -0.1) is 0 Å². The van der Waals surface area contributed by atoms with Gasteiger partial charge in [0.15, 0.2) is 0 Å². The number of aliphatic hydroxyl groups is 1. The molecule has 0 bridgehead atoms. The Balaban J connectivity index is 2.50. The molecule has 0 amide bonds. The molecule has 1 aromatic heterocycles. The van der Waals surface area contributed by atoms with E-state index in [0.29, 0.717) is 0 Å². The summed E-state index contributed by atoms with van der Waals surface area (Å²) in [5.74, 6) is 0.994. The van der Waals surface area contributed by atoms with Crippen LogP contribution in [0.1, 0.15) is 31.1 Å². The molecule has 2 aromatic rings. The Labute approximate surface area is 94.7 Å². The van der Waals surface area contributed by atoms with Gasteiger partial charge in [0, 0.05) is 17.0 Å². The quantitative estimate of drug-likeness (QED) is 0.859. The minimum atomic E-state index is -0.0404. The van der Waals surface area contributed by atoms with Crippen LogP contribution in [0.15, 0.2) is 34.9 Å². The molecule has 0 saturated heterocycles. The van der Waals surface area contributed by atoms with Gasteiger partial charge in [0.1, 0.15) is 11.5 Å². The largest absolute Gasteiger partial charge is 0.391 e. The molecule has 0 aliphatic rings. The van der Waals surface area contributed by atoms with Crippen LogP contribution in [0.3, 0.4) is 0 Å². The summed E-state index contributed by atoms with van der Waals surface area (Å²) >= 11 is 0. The topological polar surface area (TPSA) is 46.3 Å². The first-order valence-electron chi connectivity index (χ1n) is 5.38. The van der Waals surface area contributed by atoms with E-state index in [2.05, 4.69) is 5.16 Å². The zero-order valence-corrected chi connectivity index (χ0v) is 9.47. The van der Waals surface area contributed by atoms with Crippen LogP contribution in [0.2, 0.25) is 0 Å². The van der Waals surface area contributed by atoms with Crippen molar-refractivity contribution in [2.75, 3.05) is 0 Å². The number of hydrogen-bond donors (Lipinski definition) is 1. The summed E-state index contributed by atoms with van der Waals surface area (Å²) in [5, 5.41) is 13.4. The molecule has 0 aliphatic carbocycles. The Hall–Kier alpha value is -1.61. The predicted octanol–water partition coefficient (Wildman–Crippen LogP) is 2.96. The lowest BCUT2D eigenvalue weighted by atomic mass is 10.0. The van der Waals surface area contributed by atoms with Crippen LogP contribution in [0.5, 0.6) is 0 Å². The molecule has 3 heteroatoms. The summed E-state index contributed by atoms with van der Waals surface area (Å²) in [6.45, 7) is 4.00. The Kier molecular flexibility index (Phi) is 3.06. The SMILES string of the molecule is CC(C)c1onc(-c2ccccc2)c1CO. The molecular formula is C13H15NO2. The van der Waals surface area contributed by atoms with Gasteiger partial charge in [-0.2, -0.15) is 0 Å². The van der Waals surface area contributed by atoms with Gasteiger partial charge in [0.05, 0.1) is 6.61 Å². The van der Waals surface area contributed by atoms with Gasteiger partial charge in [0.25, 0.3) is 0 Å². The summed E-state index contributed by atoms with van der Waals surface area (Å²) < 4.78 is 5.29. The van der Waals surface area contributed by atoms with E-state index in [1.165, 1.54) is 0 Å². The fourth-order valence-electron chi connectivity index (χ4n) is 1.75. The first-order valence-corrected chi connectivity index (χ1v) is 5.38. The molecule has 0 saturated carbocycles. The third kappa shape index (κ3) is 1.86. The number of rotatable bonds is 3. The van der Waals surface area contributed by atoms with Crippen molar-refractivity contribution in [2.45, 2.75) is 26.4 Å². The molecule has 0 radical (unpaired) electrons. The fourth-order valence-corrected chi connectivity index (χ4v) is 1.75. The lowest BCUT2D eigenvalue weighted by molar-refractivity contribution is 0.275. The van der Waals surface area contributed by atoms with Gasteiger partial charge in [0.2, 0.25) is 0 Å². The first-order chi connectivity index (χ1) is 7.74. The predicted molar refractivity (Wildman–Crippen MR) is 62.0 cm³/mol. The average molecular weight is 217 g/mol. The fraction of sp³-hybridized carbons (Fsp3) is 0.308. The molecule has 1 N–H and O–H groups in total. The van der Waals surface area contributed by atoms with Gasteiger partial charge in [-0.3, -0.25) is 0 Å². The summed E-state index contributed by atoms with van der Waals surface area (Å²) in [5.41, 5.74) is 2.51. The third-order valence-corrected chi connectivity index (χ3v) is 2.55. The van der Waals surface area contributed by atoms with E-state index < -0.39 is 0 Å². The van der Waals surface area contributed by atoms with E-state index in [4.69, 9.17) is 4.52 Å². The first kappa shape index (κ1) is 10.9. The molecule has 3 nitrogen and oxygen atoms in total. The second-order valence-electron chi connectivity index (χ2n) is 4.05. The number of nitrogens with zero attached hydrogens (tertiary/aromatic N) is 1. The summed E-state index contributed by atoms with van der Waals surface area (Å²) in [4.78, 5) is 0. The van der Waals surface area contributed by atoms with Crippen LogP contribution in [0, 0.1) is 0 Å². The van der Waals surface area contributed by atoms with Gasteiger partial charge in [-0.05, 0) is 0 Å². The summed E-state index contributed by atoms with van der Waals surface area (Å²) in [6.07, 6.45) is 0. The normalized spacial score (nSPS) is 11.0. The maximum absolute atomic E-state index is 9.40. The highest BCUT2D eigenvalue weighted by atomic mass is 16.5. The van der Waals surface area contributed by atoms with Gasteiger partial charge in [-0.25, -0.2) is 0 Å². The van der Waals surface area contributed by atoms with E-state index in [0.717, 1.165) is 22.6 Å². The molecule has 2 rings (SSSR count). The van der Waals surface area contributed by atoms with Crippen LogP contribution in [-0.4, -0.2) is 10.3 Å². The molecule has 0 aliphatic heterocycles. The van der Waals surface area contributed by atoms with Gasteiger partial charge >= 0.3 is 0 Å².